The maximum atomic E-state index is 11.6. The standard InChI is InChI=1S/C10H16N2O3/c1-6-5-9(14)12(10(6)15)8(3-4-11)7(2)13/h6,8H,3-5,11H2,1-2H3/t6?,8-/m1/s1. The van der Waals surface area contributed by atoms with Gasteiger partial charge in [0.15, 0.2) is 5.78 Å². The van der Waals surface area contributed by atoms with Crippen LogP contribution in [-0.2, 0) is 14.4 Å². The highest BCUT2D eigenvalue weighted by Crippen LogP contribution is 2.22. The minimum absolute atomic E-state index is 0.184. The van der Waals surface area contributed by atoms with Gasteiger partial charge < -0.3 is 5.73 Å². The Hall–Kier alpha value is -1.23. The summed E-state index contributed by atoms with van der Waals surface area (Å²) in [7, 11) is 0. The molecule has 1 unspecified atom stereocenters. The number of Topliss-reactive ketones (excluding diaryl/α,β-unsaturated/α-hetero) is 1. The van der Waals surface area contributed by atoms with Gasteiger partial charge in [0, 0.05) is 12.3 Å². The molecule has 2 N–H and O–H groups in total. The number of likely N-dealkylation sites (tertiary alicyclic amines) is 1. The van der Waals surface area contributed by atoms with Crippen LogP contribution in [0.1, 0.15) is 26.7 Å². The first-order chi connectivity index (χ1) is 6.99. The van der Waals surface area contributed by atoms with Gasteiger partial charge in [-0.05, 0) is 19.9 Å². The van der Waals surface area contributed by atoms with Crippen molar-refractivity contribution in [2.24, 2.45) is 11.7 Å². The van der Waals surface area contributed by atoms with E-state index in [1.54, 1.807) is 6.92 Å². The van der Waals surface area contributed by atoms with Crippen LogP contribution in [-0.4, -0.2) is 35.1 Å². The highest BCUT2D eigenvalue weighted by atomic mass is 16.2. The lowest BCUT2D eigenvalue weighted by atomic mass is 10.1. The van der Waals surface area contributed by atoms with Crippen LogP contribution < -0.4 is 5.73 Å². The van der Waals surface area contributed by atoms with Crippen LogP contribution in [0.25, 0.3) is 0 Å². The molecule has 1 fully saturated rings. The number of hydrogen-bond acceptors (Lipinski definition) is 4. The van der Waals surface area contributed by atoms with E-state index in [4.69, 9.17) is 5.73 Å². The van der Waals surface area contributed by atoms with Crippen molar-refractivity contribution >= 4 is 17.6 Å². The van der Waals surface area contributed by atoms with Crippen LogP contribution in [0.3, 0.4) is 0 Å². The molecule has 15 heavy (non-hydrogen) atoms. The van der Waals surface area contributed by atoms with Gasteiger partial charge in [-0.15, -0.1) is 0 Å². The molecule has 0 saturated carbocycles. The third-order valence-corrected chi connectivity index (χ3v) is 2.63. The number of hydrogen-bond donors (Lipinski definition) is 1. The molecule has 0 radical (unpaired) electrons. The van der Waals surface area contributed by atoms with Crippen LogP contribution in [0.2, 0.25) is 0 Å². The Bertz CT molecular complexity index is 301. The van der Waals surface area contributed by atoms with Gasteiger partial charge in [0.05, 0.1) is 6.04 Å². The number of rotatable bonds is 4. The molecule has 1 aliphatic rings. The molecule has 0 spiro atoms. The summed E-state index contributed by atoms with van der Waals surface area (Å²) in [4.78, 5) is 35.6. The van der Waals surface area contributed by atoms with Crippen molar-refractivity contribution in [2.45, 2.75) is 32.7 Å². The van der Waals surface area contributed by atoms with Gasteiger partial charge in [0.1, 0.15) is 0 Å². The summed E-state index contributed by atoms with van der Waals surface area (Å²) in [5.74, 6) is -1.01. The van der Waals surface area contributed by atoms with Gasteiger partial charge in [0.25, 0.3) is 0 Å². The molecule has 2 amide bonds. The minimum Gasteiger partial charge on any atom is -0.330 e. The van der Waals surface area contributed by atoms with Gasteiger partial charge >= 0.3 is 0 Å². The molecular weight excluding hydrogens is 196 g/mol. The zero-order valence-corrected chi connectivity index (χ0v) is 9.03. The zero-order valence-electron chi connectivity index (χ0n) is 9.03. The number of nitrogens with zero attached hydrogens (tertiary/aromatic N) is 1. The molecule has 1 aliphatic heterocycles. The number of carbonyl (C=O) groups is 3. The van der Waals surface area contributed by atoms with Crippen molar-refractivity contribution in [3.8, 4) is 0 Å². The van der Waals surface area contributed by atoms with E-state index < -0.39 is 6.04 Å². The summed E-state index contributed by atoms with van der Waals surface area (Å²) in [5, 5.41) is 0. The molecule has 1 heterocycles. The summed E-state index contributed by atoms with van der Waals surface area (Å²) in [6.07, 6.45) is 0.548. The van der Waals surface area contributed by atoms with Crippen LogP contribution in [0.4, 0.5) is 0 Å². The van der Waals surface area contributed by atoms with Crippen molar-refractivity contribution in [1.82, 2.24) is 4.90 Å². The largest absolute Gasteiger partial charge is 0.330 e. The van der Waals surface area contributed by atoms with Crippen molar-refractivity contribution in [1.29, 1.82) is 0 Å². The third kappa shape index (κ3) is 2.23. The van der Waals surface area contributed by atoms with Crippen LogP contribution in [0, 0.1) is 5.92 Å². The van der Waals surface area contributed by atoms with Gasteiger partial charge in [0.2, 0.25) is 11.8 Å². The molecule has 84 valence electrons. The molecule has 2 atom stereocenters. The third-order valence-electron chi connectivity index (χ3n) is 2.63. The van der Waals surface area contributed by atoms with Gasteiger partial charge in [-0.25, -0.2) is 0 Å². The SMILES string of the molecule is CC(=O)[C@@H](CCN)N1C(=O)CC(C)C1=O. The van der Waals surface area contributed by atoms with E-state index in [9.17, 15) is 14.4 Å². The summed E-state index contributed by atoms with van der Waals surface area (Å²) in [6, 6.07) is -0.667. The molecular formula is C10H16N2O3. The molecule has 0 bridgehead atoms. The van der Waals surface area contributed by atoms with Crippen molar-refractivity contribution in [3.63, 3.8) is 0 Å². The monoisotopic (exact) mass is 212 g/mol. The van der Waals surface area contributed by atoms with E-state index in [1.165, 1.54) is 6.92 Å². The average Bonchev–Trinajstić information content (AvgIpc) is 2.38. The summed E-state index contributed by atoms with van der Waals surface area (Å²) < 4.78 is 0. The van der Waals surface area contributed by atoms with E-state index in [1.807, 2.05) is 0 Å². The smallest absolute Gasteiger partial charge is 0.233 e. The average molecular weight is 212 g/mol. The van der Waals surface area contributed by atoms with Gasteiger partial charge in [-0.3, -0.25) is 19.3 Å². The molecule has 0 aromatic rings. The maximum absolute atomic E-state index is 11.6. The molecule has 0 aromatic heterocycles. The van der Waals surface area contributed by atoms with Crippen molar-refractivity contribution in [3.05, 3.63) is 0 Å². The molecule has 0 aromatic carbocycles. The second kappa shape index (κ2) is 4.53. The lowest BCUT2D eigenvalue weighted by Gasteiger charge is -2.23. The molecule has 5 heteroatoms. The Morgan fingerprint density at radius 3 is 2.53 bits per heavy atom. The summed E-state index contributed by atoms with van der Waals surface area (Å²) in [5.41, 5.74) is 5.36. The van der Waals surface area contributed by atoms with E-state index in [0.717, 1.165) is 4.90 Å². The second-order valence-corrected chi connectivity index (χ2v) is 3.91. The fourth-order valence-corrected chi connectivity index (χ4v) is 1.81. The lowest BCUT2D eigenvalue weighted by molar-refractivity contribution is -0.146. The van der Waals surface area contributed by atoms with Crippen molar-refractivity contribution in [2.75, 3.05) is 6.54 Å². The maximum Gasteiger partial charge on any atom is 0.233 e. The first-order valence-electron chi connectivity index (χ1n) is 5.05. The summed E-state index contributed by atoms with van der Waals surface area (Å²) in [6.45, 7) is 3.36. The Balaban J connectivity index is 2.88. The highest BCUT2D eigenvalue weighted by Gasteiger charge is 2.41. The molecule has 5 nitrogen and oxygen atoms in total. The molecule has 1 rings (SSSR count). The van der Waals surface area contributed by atoms with Gasteiger partial charge in [-0.1, -0.05) is 6.92 Å². The minimum atomic E-state index is -0.667. The van der Waals surface area contributed by atoms with E-state index >= 15 is 0 Å². The fourth-order valence-electron chi connectivity index (χ4n) is 1.81. The van der Waals surface area contributed by atoms with E-state index in [0.29, 0.717) is 6.42 Å². The topological polar surface area (TPSA) is 80.5 Å². The molecule has 1 saturated heterocycles. The quantitative estimate of drug-likeness (QED) is 0.648. The predicted octanol–water partition coefficient (Wildman–Crippen LogP) is -0.312. The predicted molar refractivity (Wildman–Crippen MR) is 53.8 cm³/mol. The number of nitrogens with two attached hydrogens (primary N) is 1. The lowest BCUT2D eigenvalue weighted by Crippen LogP contribution is -2.45. The van der Waals surface area contributed by atoms with Crippen LogP contribution >= 0.6 is 0 Å². The number of carbonyl (C=O) groups excluding carboxylic acids is 3. The summed E-state index contributed by atoms with van der Waals surface area (Å²) >= 11 is 0. The van der Waals surface area contributed by atoms with E-state index in [-0.39, 0.29) is 36.5 Å². The second-order valence-electron chi connectivity index (χ2n) is 3.91. The van der Waals surface area contributed by atoms with Crippen LogP contribution in [0.15, 0.2) is 0 Å². The Morgan fingerprint density at radius 1 is 1.60 bits per heavy atom. The highest BCUT2D eigenvalue weighted by molar-refractivity contribution is 6.06. The first-order valence-corrected chi connectivity index (χ1v) is 5.05. The van der Waals surface area contributed by atoms with E-state index in [2.05, 4.69) is 0 Å². The Labute approximate surface area is 88.6 Å². The van der Waals surface area contributed by atoms with Crippen molar-refractivity contribution < 1.29 is 14.4 Å². The molecule has 0 aliphatic carbocycles. The fraction of sp³-hybridized carbons (Fsp3) is 0.700. The number of imide groups is 1. The van der Waals surface area contributed by atoms with Gasteiger partial charge in [-0.2, -0.15) is 0 Å². The normalized spacial score (nSPS) is 23.4. The number of ketones is 1. The Morgan fingerprint density at radius 2 is 2.20 bits per heavy atom. The number of amides is 2. The first kappa shape index (κ1) is 11.8. The van der Waals surface area contributed by atoms with Crippen LogP contribution in [0.5, 0.6) is 0 Å². The Kier molecular flexibility index (Phi) is 3.57. The zero-order chi connectivity index (χ0) is 11.6.